The van der Waals surface area contributed by atoms with Gasteiger partial charge in [-0.05, 0) is 44.9 Å². The molecule has 0 heterocycles. The summed E-state index contributed by atoms with van der Waals surface area (Å²) in [6.45, 7) is 4.08. The van der Waals surface area contributed by atoms with Crippen molar-refractivity contribution in [1.82, 2.24) is 5.32 Å². The normalized spacial score (nSPS) is 13.4. The van der Waals surface area contributed by atoms with E-state index in [1.165, 1.54) is 12.2 Å². The minimum Gasteiger partial charge on any atom is -0.330 e. The van der Waals surface area contributed by atoms with Crippen molar-refractivity contribution in [1.29, 1.82) is 0 Å². The monoisotopic (exact) mass is 176 g/mol. The molecule has 0 aliphatic heterocycles. The average Bonchev–Trinajstić information content (AvgIpc) is 2.01. The predicted molar refractivity (Wildman–Crippen MR) is 54.1 cm³/mol. The molecule has 0 spiro atoms. The van der Waals surface area contributed by atoms with Gasteiger partial charge >= 0.3 is 0 Å². The molecule has 2 nitrogen and oxygen atoms in total. The van der Waals surface area contributed by atoms with Crippen LogP contribution in [0.1, 0.15) is 19.8 Å². The van der Waals surface area contributed by atoms with Crippen molar-refractivity contribution in [3.63, 3.8) is 0 Å². The van der Waals surface area contributed by atoms with Crippen molar-refractivity contribution in [3.8, 4) is 0 Å². The maximum atomic E-state index is 5.37. The van der Waals surface area contributed by atoms with Gasteiger partial charge in [-0.15, -0.1) is 0 Å². The molecule has 0 fully saturated rings. The van der Waals surface area contributed by atoms with Crippen molar-refractivity contribution in [2.45, 2.75) is 25.8 Å². The largest absolute Gasteiger partial charge is 0.330 e. The van der Waals surface area contributed by atoms with Gasteiger partial charge in [0, 0.05) is 6.04 Å². The van der Waals surface area contributed by atoms with Gasteiger partial charge in [-0.2, -0.15) is 11.8 Å². The molecule has 68 valence electrons. The summed E-state index contributed by atoms with van der Waals surface area (Å²) in [5.41, 5.74) is 5.37. The molecular formula is C8H20N2S. The first-order valence-corrected chi connectivity index (χ1v) is 5.63. The molecule has 3 heteroatoms. The predicted octanol–water partition coefficient (Wildman–Crippen LogP) is 1.07. The quantitative estimate of drug-likeness (QED) is 0.570. The van der Waals surface area contributed by atoms with Crippen molar-refractivity contribution >= 4 is 11.8 Å². The topological polar surface area (TPSA) is 38.0 Å². The fourth-order valence-corrected chi connectivity index (χ4v) is 1.44. The standard InChI is InChI=1S/C8H20N2S/c1-8(4-7-11-2)10-6-3-5-9/h8,10H,3-7,9H2,1-2H3. The second kappa shape index (κ2) is 8.37. The lowest BCUT2D eigenvalue weighted by molar-refractivity contribution is 0.530. The molecule has 0 aromatic rings. The van der Waals surface area contributed by atoms with E-state index in [-0.39, 0.29) is 0 Å². The van der Waals surface area contributed by atoms with Crippen molar-refractivity contribution in [2.24, 2.45) is 5.73 Å². The van der Waals surface area contributed by atoms with Crippen LogP contribution >= 0.6 is 11.8 Å². The lowest BCUT2D eigenvalue weighted by atomic mass is 10.2. The molecule has 3 N–H and O–H groups in total. The van der Waals surface area contributed by atoms with E-state index < -0.39 is 0 Å². The van der Waals surface area contributed by atoms with Gasteiger partial charge in [0.2, 0.25) is 0 Å². The summed E-state index contributed by atoms with van der Waals surface area (Å²) in [6, 6.07) is 0.647. The van der Waals surface area contributed by atoms with Crippen molar-refractivity contribution in [3.05, 3.63) is 0 Å². The maximum absolute atomic E-state index is 5.37. The van der Waals surface area contributed by atoms with Crippen LogP contribution in [-0.4, -0.2) is 31.1 Å². The molecule has 0 bridgehead atoms. The summed E-state index contributed by atoms with van der Waals surface area (Å²) in [5, 5.41) is 3.42. The Bertz CT molecular complexity index is 78.5. The van der Waals surface area contributed by atoms with Gasteiger partial charge in [0.25, 0.3) is 0 Å². The summed E-state index contributed by atoms with van der Waals surface area (Å²) < 4.78 is 0. The summed E-state index contributed by atoms with van der Waals surface area (Å²) in [5.74, 6) is 1.25. The Kier molecular flexibility index (Phi) is 8.57. The zero-order chi connectivity index (χ0) is 8.53. The van der Waals surface area contributed by atoms with Crippen LogP contribution in [0, 0.1) is 0 Å². The number of hydrogen-bond acceptors (Lipinski definition) is 3. The molecule has 0 aromatic carbocycles. The molecule has 0 aliphatic carbocycles. The minimum absolute atomic E-state index is 0.647. The van der Waals surface area contributed by atoms with E-state index in [9.17, 15) is 0 Å². The molecular weight excluding hydrogens is 156 g/mol. The SMILES string of the molecule is CSCCC(C)NCCCN. The van der Waals surface area contributed by atoms with Gasteiger partial charge in [0.15, 0.2) is 0 Å². The second-order valence-corrected chi connectivity index (χ2v) is 3.76. The molecule has 0 saturated carbocycles. The van der Waals surface area contributed by atoms with Crippen LogP contribution in [0.5, 0.6) is 0 Å². The first-order chi connectivity index (χ1) is 5.31. The Morgan fingerprint density at radius 2 is 2.27 bits per heavy atom. The van der Waals surface area contributed by atoms with Crippen LogP contribution < -0.4 is 11.1 Å². The third kappa shape index (κ3) is 8.17. The van der Waals surface area contributed by atoms with E-state index in [1.807, 2.05) is 11.8 Å². The van der Waals surface area contributed by atoms with Crippen LogP contribution in [0.3, 0.4) is 0 Å². The molecule has 0 amide bonds. The van der Waals surface area contributed by atoms with Crippen LogP contribution in [-0.2, 0) is 0 Å². The van der Waals surface area contributed by atoms with Crippen LogP contribution in [0.15, 0.2) is 0 Å². The number of nitrogens with one attached hydrogen (secondary N) is 1. The van der Waals surface area contributed by atoms with Crippen molar-refractivity contribution in [2.75, 3.05) is 25.1 Å². The van der Waals surface area contributed by atoms with Gasteiger partial charge in [0.1, 0.15) is 0 Å². The highest BCUT2D eigenvalue weighted by Gasteiger charge is 1.98. The van der Waals surface area contributed by atoms with E-state index in [0.29, 0.717) is 6.04 Å². The van der Waals surface area contributed by atoms with E-state index in [2.05, 4.69) is 18.5 Å². The average molecular weight is 176 g/mol. The van der Waals surface area contributed by atoms with Crippen LogP contribution in [0.25, 0.3) is 0 Å². The third-order valence-electron chi connectivity index (χ3n) is 1.63. The molecule has 0 aromatic heterocycles. The lowest BCUT2D eigenvalue weighted by Crippen LogP contribution is -2.28. The molecule has 0 saturated heterocycles. The number of thioether (sulfide) groups is 1. The third-order valence-corrected chi connectivity index (χ3v) is 2.27. The highest BCUT2D eigenvalue weighted by molar-refractivity contribution is 7.98. The van der Waals surface area contributed by atoms with Gasteiger partial charge < -0.3 is 11.1 Å². The number of nitrogens with two attached hydrogens (primary N) is 1. The van der Waals surface area contributed by atoms with Gasteiger partial charge in [-0.3, -0.25) is 0 Å². The molecule has 0 rings (SSSR count). The summed E-state index contributed by atoms with van der Waals surface area (Å²) in [7, 11) is 0. The Hall–Kier alpha value is 0.270. The molecule has 11 heavy (non-hydrogen) atoms. The summed E-state index contributed by atoms with van der Waals surface area (Å²) in [4.78, 5) is 0. The first kappa shape index (κ1) is 11.3. The van der Waals surface area contributed by atoms with E-state index in [0.717, 1.165) is 19.5 Å². The van der Waals surface area contributed by atoms with Crippen LogP contribution in [0.4, 0.5) is 0 Å². The van der Waals surface area contributed by atoms with E-state index in [4.69, 9.17) is 5.73 Å². The Balaban J connectivity index is 3.02. The highest BCUT2D eigenvalue weighted by atomic mass is 32.2. The Morgan fingerprint density at radius 1 is 1.55 bits per heavy atom. The first-order valence-electron chi connectivity index (χ1n) is 4.23. The lowest BCUT2D eigenvalue weighted by Gasteiger charge is -2.11. The highest BCUT2D eigenvalue weighted by Crippen LogP contribution is 1.99. The fourth-order valence-electron chi connectivity index (χ4n) is 0.847. The smallest absolute Gasteiger partial charge is 0.00465 e. The van der Waals surface area contributed by atoms with Gasteiger partial charge in [0.05, 0.1) is 0 Å². The Labute approximate surface area is 74.3 Å². The number of rotatable bonds is 7. The summed E-state index contributed by atoms with van der Waals surface area (Å²) >= 11 is 1.90. The molecule has 1 unspecified atom stereocenters. The van der Waals surface area contributed by atoms with Crippen molar-refractivity contribution < 1.29 is 0 Å². The fraction of sp³-hybridized carbons (Fsp3) is 1.00. The Morgan fingerprint density at radius 3 is 2.82 bits per heavy atom. The van der Waals surface area contributed by atoms with E-state index in [1.54, 1.807) is 0 Å². The maximum Gasteiger partial charge on any atom is 0.00465 e. The van der Waals surface area contributed by atoms with Crippen LogP contribution in [0.2, 0.25) is 0 Å². The molecule has 0 aliphatic rings. The second-order valence-electron chi connectivity index (χ2n) is 2.78. The zero-order valence-corrected chi connectivity index (χ0v) is 8.41. The van der Waals surface area contributed by atoms with E-state index >= 15 is 0 Å². The number of hydrogen-bond donors (Lipinski definition) is 2. The zero-order valence-electron chi connectivity index (χ0n) is 7.60. The molecule has 1 atom stereocenters. The van der Waals surface area contributed by atoms with Gasteiger partial charge in [-0.1, -0.05) is 0 Å². The summed E-state index contributed by atoms with van der Waals surface area (Å²) in [6.07, 6.45) is 4.49. The minimum atomic E-state index is 0.647. The molecule has 0 radical (unpaired) electrons. The van der Waals surface area contributed by atoms with Gasteiger partial charge in [-0.25, -0.2) is 0 Å².